The smallest absolute Gasteiger partial charge is 0.308 e. The molecule has 112 valence electrons. The normalized spacial score (nSPS) is 29.6. The van der Waals surface area contributed by atoms with Crippen LogP contribution in [0.2, 0.25) is 0 Å². The molecule has 4 heteroatoms. The van der Waals surface area contributed by atoms with Crippen LogP contribution in [0.25, 0.3) is 0 Å². The van der Waals surface area contributed by atoms with Crippen molar-refractivity contribution in [1.29, 1.82) is 0 Å². The highest BCUT2D eigenvalue weighted by Gasteiger charge is 2.51. The number of carbonyl (C=O) groups excluding carboxylic acids is 1. The Kier molecular flexibility index (Phi) is 3.16. The lowest BCUT2D eigenvalue weighted by molar-refractivity contribution is -0.151. The summed E-state index contributed by atoms with van der Waals surface area (Å²) in [6.45, 7) is 2.19. The summed E-state index contributed by atoms with van der Waals surface area (Å²) in [4.78, 5) is 14.2. The molecule has 2 aliphatic carbocycles. The number of benzene rings is 1. The molecular formula is C17H20BrNO2. The van der Waals surface area contributed by atoms with Crippen LogP contribution in [0.3, 0.4) is 0 Å². The molecule has 1 aliphatic heterocycles. The van der Waals surface area contributed by atoms with E-state index in [4.69, 9.17) is 4.74 Å². The Morgan fingerprint density at radius 3 is 2.81 bits per heavy atom. The van der Waals surface area contributed by atoms with Crippen molar-refractivity contribution in [2.24, 2.45) is 5.92 Å². The van der Waals surface area contributed by atoms with E-state index in [-0.39, 0.29) is 11.9 Å². The van der Waals surface area contributed by atoms with Crippen LogP contribution in [0.5, 0.6) is 0 Å². The second kappa shape index (κ2) is 4.82. The first-order chi connectivity index (χ1) is 10.1. The van der Waals surface area contributed by atoms with Gasteiger partial charge in [0, 0.05) is 29.0 Å². The summed E-state index contributed by atoms with van der Waals surface area (Å²) in [6, 6.07) is 7.29. The first kappa shape index (κ1) is 13.8. The van der Waals surface area contributed by atoms with Gasteiger partial charge in [0.15, 0.2) is 0 Å². The molecule has 21 heavy (non-hydrogen) atoms. The molecule has 0 amide bonds. The van der Waals surface area contributed by atoms with Crippen molar-refractivity contribution < 1.29 is 9.53 Å². The standard InChI is InChI=1S/C17H20BrNO2/c1-21-16(20)12-6-14(7-12)19-9-11-2-3-13(18)8-15(11)17(10-19)4-5-17/h2-3,8,12,14H,4-7,9-10H2,1H3. The fourth-order valence-electron chi connectivity index (χ4n) is 4.01. The predicted molar refractivity (Wildman–Crippen MR) is 84.0 cm³/mol. The van der Waals surface area contributed by atoms with Crippen molar-refractivity contribution in [1.82, 2.24) is 4.90 Å². The van der Waals surface area contributed by atoms with Crippen molar-refractivity contribution in [3.63, 3.8) is 0 Å². The van der Waals surface area contributed by atoms with Gasteiger partial charge < -0.3 is 4.74 Å². The lowest BCUT2D eigenvalue weighted by Gasteiger charge is -2.46. The van der Waals surface area contributed by atoms with E-state index in [9.17, 15) is 4.79 Å². The minimum Gasteiger partial charge on any atom is -0.469 e. The number of fused-ring (bicyclic) bond motifs is 2. The summed E-state index contributed by atoms with van der Waals surface area (Å²) in [6.07, 6.45) is 4.55. The molecule has 2 fully saturated rings. The number of ether oxygens (including phenoxy) is 1. The van der Waals surface area contributed by atoms with E-state index in [2.05, 4.69) is 39.0 Å². The Morgan fingerprint density at radius 2 is 2.14 bits per heavy atom. The second-order valence-corrected chi connectivity index (χ2v) is 7.75. The molecule has 3 nitrogen and oxygen atoms in total. The topological polar surface area (TPSA) is 29.5 Å². The van der Waals surface area contributed by atoms with Gasteiger partial charge >= 0.3 is 5.97 Å². The Balaban J connectivity index is 1.51. The van der Waals surface area contributed by atoms with Crippen molar-refractivity contribution in [3.05, 3.63) is 33.8 Å². The number of hydrogen-bond donors (Lipinski definition) is 0. The van der Waals surface area contributed by atoms with Gasteiger partial charge in [-0.2, -0.15) is 0 Å². The predicted octanol–water partition coefficient (Wildman–Crippen LogP) is 3.25. The molecule has 0 unspecified atom stereocenters. The fraction of sp³-hybridized carbons (Fsp3) is 0.588. The molecule has 2 saturated carbocycles. The largest absolute Gasteiger partial charge is 0.469 e. The zero-order chi connectivity index (χ0) is 14.6. The van der Waals surface area contributed by atoms with Crippen LogP contribution < -0.4 is 0 Å². The van der Waals surface area contributed by atoms with Gasteiger partial charge in [-0.05, 0) is 48.9 Å². The van der Waals surface area contributed by atoms with Crippen molar-refractivity contribution in [3.8, 4) is 0 Å². The SMILES string of the molecule is COC(=O)C1CC(N2Cc3ccc(Br)cc3C3(CC3)C2)C1. The zero-order valence-corrected chi connectivity index (χ0v) is 13.9. The molecule has 4 rings (SSSR count). The highest BCUT2D eigenvalue weighted by molar-refractivity contribution is 9.10. The molecule has 0 atom stereocenters. The average Bonchev–Trinajstić information content (AvgIpc) is 3.18. The average molecular weight is 350 g/mol. The van der Waals surface area contributed by atoms with Crippen molar-refractivity contribution in [2.45, 2.75) is 43.7 Å². The van der Waals surface area contributed by atoms with E-state index >= 15 is 0 Å². The lowest BCUT2D eigenvalue weighted by Crippen LogP contribution is -2.51. The van der Waals surface area contributed by atoms with Gasteiger partial charge in [0.2, 0.25) is 0 Å². The monoisotopic (exact) mass is 349 g/mol. The second-order valence-electron chi connectivity index (χ2n) is 6.83. The molecule has 1 aromatic rings. The highest BCUT2D eigenvalue weighted by Crippen LogP contribution is 2.54. The highest BCUT2D eigenvalue weighted by atomic mass is 79.9. The number of esters is 1. The molecule has 1 heterocycles. The molecule has 0 radical (unpaired) electrons. The van der Waals surface area contributed by atoms with Crippen LogP contribution in [0.1, 0.15) is 36.8 Å². The van der Waals surface area contributed by atoms with E-state index in [0.717, 1.165) is 25.9 Å². The van der Waals surface area contributed by atoms with Gasteiger partial charge in [-0.1, -0.05) is 22.0 Å². The minimum absolute atomic E-state index is 0.0336. The molecule has 1 aromatic carbocycles. The molecule has 0 aromatic heterocycles. The van der Waals surface area contributed by atoms with Crippen LogP contribution in [-0.2, 0) is 21.5 Å². The number of halogens is 1. The van der Waals surface area contributed by atoms with E-state index in [0.29, 0.717) is 11.5 Å². The molecule has 0 bridgehead atoms. The van der Waals surface area contributed by atoms with Gasteiger partial charge in [0.1, 0.15) is 0 Å². The minimum atomic E-state index is -0.0336. The first-order valence-corrected chi connectivity index (χ1v) is 8.51. The maximum Gasteiger partial charge on any atom is 0.308 e. The van der Waals surface area contributed by atoms with E-state index in [1.54, 1.807) is 5.56 Å². The van der Waals surface area contributed by atoms with Crippen LogP contribution in [0.4, 0.5) is 0 Å². The number of methoxy groups -OCH3 is 1. The number of carbonyl (C=O) groups is 1. The first-order valence-electron chi connectivity index (χ1n) is 7.72. The summed E-state index contributed by atoms with van der Waals surface area (Å²) < 4.78 is 6.04. The molecule has 0 N–H and O–H groups in total. The van der Waals surface area contributed by atoms with E-state index in [1.165, 1.54) is 30.0 Å². The maximum absolute atomic E-state index is 11.6. The third-order valence-corrected chi connectivity index (χ3v) is 6.03. The van der Waals surface area contributed by atoms with Crippen LogP contribution >= 0.6 is 15.9 Å². The number of nitrogens with zero attached hydrogens (tertiary/aromatic N) is 1. The number of hydrogen-bond acceptors (Lipinski definition) is 3. The van der Waals surface area contributed by atoms with E-state index < -0.39 is 0 Å². The number of rotatable bonds is 2. The molecule has 1 spiro atoms. The zero-order valence-electron chi connectivity index (χ0n) is 12.3. The summed E-state index contributed by atoms with van der Waals surface area (Å²) in [5, 5.41) is 0. The molecular weight excluding hydrogens is 330 g/mol. The third kappa shape index (κ3) is 2.23. The molecule has 0 saturated heterocycles. The Bertz CT molecular complexity index is 590. The van der Waals surface area contributed by atoms with Crippen molar-refractivity contribution in [2.75, 3.05) is 13.7 Å². The maximum atomic E-state index is 11.6. The fourth-order valence-corrected chi connectivity index (χ4v) is 4.37. The van der Waals surface area contributed by atoms with Gasteiger partial charge in [0.25, 0.3) is 0 Å². The third-order valence-electron chi connectivity index (χ3n) is 5.54. The van der Waals surface area contributed by atoms with Gasteiger partial charge in [-0.3, -0.25) is 9.69 Å². The van der Waals surface area contributed by atoms with Crippen molar-refractivity contribution >= 4 is 21.9 Å². The van der Waals surface area contributed by atoms with Gasteiger partial charge in [-0.25, -0.2) is 0 Å². The summed E-state index contributed by atoms with van der Waals surface area (Å²) in [5.74, 6) is 0.0928. The van der Waals surface area contributed by atoms with Crippen LogP contribution in [-0.4, -0.2) is 30.6 Å². The summed E-state index contributed by atoms with van der Waals surface area (Å²) in [5.41, 5.74) is 3.42. The lowest BCUT2D eigenvalue weighted by atomic mass is 9.77. The summed E-state index contributed by atoms with van der Waals surface area (Å²) >= 11 is 3.61. The Labute approximate surface area is 133 Å². The quantitative estimate of drug-likeness (QED) is 0.767. The Hall–Kier alpha value is -0.870. The van der Waals surface area contributed by atoms with Gasteiger partial charge in [0.05, 0.1) is 13.0 Å². The van der Waals surface area contributed by atoms with E-state index in [1.807, 2.05) is 0 Å². The van der Waals surface area contributed by atoms with Gasteiger partial charge in [-0.15, -0.1) is 0 Å². The van der Waals surface area contributed by atoms with Crippen LogP contribution in [0.15, 0.2) is 22.7 Å². The molecule has 3 aliphatic rings. The summed E-state index contributed by atoms with van der Waals surface area (Å²) in [7, 11) is 1.49. The Morgan fingerprint density at radius 1 is 1.38 bits per heavy atom. The van der Waals surface area contributed by atoms with Crippen LogP contribution in [0, 0.1) is 5.92 Å².